The first-order chi connectivity index (χ1) is 20.3. The van der Waals surface area contributed by atoms with Crippen LogP contribution in [0.4, 0.5) is 24.5 Å². The smallest absolute Gasteiger partial charge is 0.406 e. The molecule has 2 fully saturated rings. The molecule has 0 unspecified atom stereocenters. The average molecular weight is 582 g/mol. The van der Waals surface area contributed by atoms with Crippen molar-refractivity contribution in [2.75, 3.05) is 44.4 Å². The number of methoxy groups -OCH3 is 1. The van der Waals surface area contributed by atoms with Gasteiger partial charge in [0.25, 0.3) is 5.91 Å². The third-order valence-corrected chi connectivity index (χ3v) is 8.27. The summed E-state index contributed by atoms with van der Waals surface area (Å²) in [5.74, 6) is 6.14. The maximum atomic E-state index is 13.6. The molecule has 1 aliphatic heterocycles. The number of carbonyl (C=O) groups excluding carboxylic acids is 1. The summed E-state index contributed by atoms with van der Waals surface area (Å²) in [6, 6.07) is 13.2. The molecule has 2 aromatic carbocycles. The molecule has 0 radical (unpaired) electrons. The average Bonchev–Trinajstić information content (AvgIpc) is 3.64. The normalized spacial score (nSPS) is 19.3. The maximum Gasteiger partial charge on any atom is 0.406 e. The number of carbonyl (C=O) groups is 1. The lowest BCUT2D eigenvalue weighted by atomic mass is 9.90. The van der Waals surface area contributed by atoms with E-state index < -0.39 is 12.7 Å². The Hall–Kier alpha value is -3.84. The standard InChI is InChI=1S/C32H38F3N5O2/c1-36-31(41)22-10-15-28(30(19-22)42-2)37-16-6-7-25-20-26-27(8-5-9-29(26)40(25)21-32(33,34)35)38-23-11-13-24(14-12-23)39-17-3-4-18-39/h5,8-10,15,19-20,23-24,37-38H,3-4,11-14,16-18,21H2,1-2H3,(H,36,41)/t23-,24+. The first-order valence-corrected chi connectivity index (χ1v) is 14.6. The molecule has 1 aromatic heterocycles. The fourth-order valence-electron chi connectivity index (χ4n) is 6.17. The van der Waals surface area contributed by atoms with E-state index in [1.807, 2.05) is 6.07 Å². The van der Waals surface area contributed by atoms with Crippen LogP contribution in [0.5, 0.6) is 5.75 Å². The molecule has 5 rings (SSSR count). The number of alkyl halides is 3. The molecule has 224 valence electrons. The predicted octanol–water partition coefficient (Wildman–Crippen LogP) is 5.85. The topological polar surface area (TPSA) is 70.6 Å². The second-order valence-corrected chi connectivity index (χ2v) is 11.0. The number of ether oxygens (including phenoxy) is 1. The van der Waals surface area contributed by atoms with Crippen molar-refractivity contribution in [1.29, 1.82) is 0 Å². The van der Waals surface area contributed by atoms with E-state index in [-0.39, 0.29) is 12.5 Å². The number of halogens is 3. The molecule has 1 aliphatic carbocycles. The predicted molar refractivity (Wildman–Crippen MR) is 160 cm³/mol. The quantitative estimate of drug-likeness (QED) is 0.291. The van der Waals surface area contributed by atoms with E-state index in [4.69, 9.17) is 4.74 Å². The van der Waals surface area contributed by atoms with Crippen LogP contribution in [0.3, 0.4) is 0 Å². The van der Waals surface area contributed by atoms with E-state index in [9.17, 15) is 18.0 Å². The highest BCUT2D eigenvalue weighted by Crippen LogP contribution is 2.33. The summed E-state index contributed by atoms with van der Waals surface area (Å²) in [6.07, 6.45) is 2.57. The van der Waals surface area contributed by atoms with Crippen LogP contribution >= 0.6 is 0 Å². The van der Waals surface area contributed by atoms with Gasteiger partial charge in [0.05, 0.1) is 30.6 Å². The van der Waals surface area contributed by atoms with Gasteiger partial charge in [0.2, 0.25) is 0 Å². The Labute approximate surface area is 244 Å². The van der Waals surface area contributed by atoms with Crippen LogP contribution < -0.4 is 20.7 Å². The number of benzene rings is 2. The number of hydrogen-bond acceptors (Lipinski definition) is 5. The van der Waals surface area contributed by atoms with E-state index >= 15 is 0 Å². The number of rotatable bonds is 8. The summed E-state index contributed by atoms with van der Waals surface area (Å²) in [5.41, 5.74) is 2.73. The largest absolute Gasteiger partial charge is 0.495 e. The zero-order chi connectivity index (χ0) is 29.7. The fraction of sp³-hybridized carbons (Fsp3) is 0.469. The Balaban J connectivity index is 1.33. The Morgan fingerprint density at radius 1 is 1.05 bits per heavy atom. The molecule has 42 heavy (non-hydrogen) atoms. The molecule has 7 nitrogen and oxygen atoms in total. The van der Waals surface area contributed by atoms with Crippen LogP contribution in [-0.4, -0.2) is 67.4 Å². The fourth-order valence-corrected chi connectivity index (χ4v) is 6.17. The molecule has 0 bridgehead atoms. The van der Waals surface area contributed by atoms with E-state index in [1.54, 1.807) is 43.4 Å². The molecule has 10 heteroatoms. The molecular formula is C32H38F3N5O2. The molecule has 3 N–H and O–H groups in total. The lowest BCUT2D eigenvalue weighted by molar-refractivity contribution is -0.140. The van der Waals surface area contributed by atoms with Crippen molar-refractivity contribution in [1.82, 2.24) is 14.8 Å². The first-order valence-electron chi connectivity index (χ1n) is 14.6. The number of amides is 1. The van der Waals surface area contributed by atoms with Gasteiger partial charge >= 0.3 is 6.18 Å². The van der Waals surface area contributed by atoms with Gasteiger partial charge in [-0.1, -0.05) is 12.0 Å². The number of hydrogen-bond donors (Lipinski definition) is 3. The Bertz CT molecular complexity index is 1460. The van der Waals surface area contributed by atoms with Gasteiger partial charge in [-0.05, 0) is 93.9 Å². The second-order valence-electron chi connectivity index (χ2n) is 11.0. The Kier molecular flexibility index (Phi) is 9.17. The van der Waals surface area contributed by atoms with Crippen LogP contribution in [0, 0.1) is 11.8 Å². The number of likely N-dealkylation sites (tertiary alicyclic amines) is 1. The molecule has 2 aliphatic rings. The van der Waals surface area contributed by atoms with Crippen molar-refractivity contribution in [3.05, 3.63) is 53.7 Å². The SMILES string of the molecule is CNC(=O)c1ccc(NCC#Cc2cc3c(N[C@H]4CC[C@@H](N5CCCC5)CC4)cccc3n2CC(F)(F)F)c(OC)c1. The number of nitrogens with zero attached hydrogens (tertiary/aromatic N) is 2. The zero-order valence-corrected chi connectivity index (χ0v) is 24.1. The number of nitrogens with one attached hydrogen (secondary N) is 3. The van der Waals surface area contributed by atoms with Crippen molar-refractivity contribution in [2.24, 2.45) is 0 Å². The minimum Gasteiger partial charge on any atom is -0.495 e. The molecule has 2 heterocycles. The van der Waals surface area contributed by atoms with Gasteiger partial charge < -0.3 is 30.2 Å². The Morgan fingerprint density at radius 2 is 1.81 bits per heavy atom. The van der Waals surface area contributed by atoms with Crippen LogP contribution in [-0.2, 0) is 6.54 Å². The monoisotopic (exact) mass is 581 g/mol. The van der Waals surface area contributed by atoms with Gasteiger partial charge in [-0.15, -0.1) is 0 Å². The Morgan fingerprint density at radius 3 is 2.50 bits per heavy atom. The molecule has 3 aromatic rings. The first kappa shape index (κ1) is 29.6. The van der Waals surface area contributed by atoms with Crippen molar-refractivity contribution < 1.29 is 22.7 Å². The summed E-state index contributed by atoms with van der Waals surface area (Å²) in [4.78, 5) is 14.5. The highest BCUT2D eigenvalue weighted by molar-refractivity contribution is 5.95. The highest BCUT2D eigenvalue weighted by atomic mass is 19.4. The molecule has 0 spiro atoms. The van der Waals surface area contributed by atoms with E-state index in [1.165, 1.54) is 37.6 Å². The third-order valence-electron chi connectivity index (χ3n) is 8.27. The van der Waals surface area contributed by atoms with Crippen molar-refractivity contribution in [3.8, 4) is 17.6 Å². The number of aromatic nitrogens is 1. The molecule has 0 atom stereocenters. The van der Waals surface area contributed by atoms with E-state index in [0.29, 0.717) is 40.3 Å². The summed E-state index contributed by atoms with van der Waals surface area (Å²) >= 11 is 0. The van der Waals surface area contributed by atoms with E-state index in [0.717, 1.165) is 36.8 Å². The van der Waals surface area contributed by atoms with Crippen molar-refractivity contribution in [3.63, 3.8) is 0 Å². The van der Waals surface area contributed by atoms with Crippen LogP contribution in [0.2, 0.25) is 0 Å². The van der Waals surface area contributed by atoms with Gasteiger partial charge in [0.15, 0.2) is 0 Å². The van der Waals surface area contributed by atoms with Gasteiger partial charge in [0.1, 0.15) is 12.3 Å². The van der Waals surface area contributed by atoms with Crippen LogP contribution in [0.15, 0.2) is 42.5 Å². The highest BCUT2D eigenvalue weighted by Gasteiger charge is 2.31. The van der Waals surface area contributed by atoms with Gasteiger partial charge in [-0.3, -0.25) is 4.79 Å². The molecular weight excluding hydrogens is 543 g/mol. The van der Waals surface area contributed by atoms with Crippen molar-refractivity contribution in [2.45, 2.75) is 63.3 Å². The summed E-state index contributed by atoms with van der Waals surface area (Å²) in [7, 11) is 3.05. The summed E-state index contributed by atoms with van der Waals surface area (Å²) < 4.78 is 47.5. The minimum atomic E-state index is -4.39. The minimum absolute atomic E-state index is 0.175. The van der Waals surface area contributed by atoms with Crippen LogP contribution in [0.25, 0.3) is 10.9 Å². The van der Waals surface area contributed by atoms with Crippen molar-refractivity contribution >= 4 is 28.2 Å². The van der Waals surface area contributed by atoms with E-state index in [2.05, 4.69) is 32.7 Å². The van der Waals surface area contributed by atoms with Crippen LogP contribution in [0.1, 0.15) is 54.6 Å². The summed E-state index contributed by atoms with van der Waals surface area (Å²) in [5, 5.41) is 10.1. The molecule has 1 amide bonds. The van der Waals surface area contributed by atoms with Gasteiger partial charge in [0, 0.05) is 35.8 Å². The summed E-state index contributed by atoms with van der Waals surface area (Å²) in [6.45, 7) is 1.46. The number of anilines is 2. The number of fused-ring (bicyclic) bond motifs is 1. The lowest BCUT2D eigenvalue weighted by Gasteiger charge is -2.35. The molecule has 1 saturated carbocycles. The maximum absolute atomic E-state index is 13.6. The molecule has 1 saturated heterocycles. The third kappa shape index (κ3) is 6.96. The lowest BCUT2D eigenvalue weighted by Crippen LogP contribution is -2.38. The van der Waals surface area contributed by atoms with Gasteiger partial charge in [-0.25, -0.2) is 0 Å². The van der Waals surface area contributed by atoms with Gasteiger partial charge in [-0.2, -0.15) is 13.2 Å². The zero-order valence-electron chi connectivity index (χ0n) is 24.1. The second kappa shape index (κ2) is 13.0.